The average Bonchev–Trinajstić information content (AvgIpc) is 2.44. The van der Waals surface area contributed by atoms with E-state index in [1.54, 1.807) is 0 Å². The Labute approximate surface area is 124 Å². The predicted molar refractivity (Wildman–Crippen MR) is 76.9 cm³/mol. The zero-order valence-corrected chi connectivity index (χ0v) is 12.7. The number of ether oxygens (including phenoxy) is 1. The normalized spacial score (nSPS) is 25.4. The maximum Gasteiger partial charge on any atom is 0.129 e. The Hall–Kier alpha value is -1.04. The molecule has 1 aromatic carbocycles. The highest BCUT2D eigenvalue weighted by atomic mass is 19.1. The van der Waals surface area contributed by atoms with Crippen molar-refractivity contribution in [1.29, 1.82) is 0 Å². The quantitative estimate of drug-likeness (QED) is 0.849. The van der Waals surface area contributed by atoms with Crippen LogP contribution in [0.3, 0.4) is 0 Å². The van der Waals surface area contributed by atoms with Gasteiger partial charge in [0.1, 0.15) is 11.6 Å². The summed E-state index contributed by atoms with van der Waals surface area (Å²) >= 11 is 0. The number of hydrogen-bond donors (Lipinski definition) is 2. The van der Waals surface area contributed by atoms with Crippen molar-refractivity contribution >= 4 is 0 Å². The van der Waals surface area contributed by atoms with Crippen molar-refractivity contribution in [1.82, 2.24) is 5.32 Å². The van der Waals surface area contributed by atoms with E-state index in [-0.39, 0.29) is 29.7 Å². The molecule has 1 aromatic rings. The summed E-state index contributed by atoms with van der Waals surface area (Å²) in [5.41, 5.74) is -0.0445. The lowest BCUT2D eigenvalue weighted by Crippen LogP contribution is -2.61. The molecular weight excluding hydrogens is 276 g/mol. The van der Waals surface area contributed by atoms with Crippen molar-refractivity contribution in [2.75, 3.05) is 13.2 Å². The fourth-order valence-electron chi connectivity index (χ4n) is 2.85. The summed E-state index contributed by atoms with van der Waals surface area (Å²) in [5, 5.41) is 13.3. The fourth-order valence-corrected chi connectivity index (χ4v) is 2.85. The Morgan fingerprint density at radius 3 is 2.76 bits per heavy atom. The molecule has 2 N–H and O–H groups in total. The van der Waals surface area contributed by atoms with Gasteiger partial charge in [0, 0.05) is 30.2 Å². The van der Waals surface area contributed by atoms with Crippen LogP contribution in [0, 0.1) is 17.0 Å². The van der Waals surface area contributed by atoms with Crippen LogP contribution in [0.15, 0.2) is 18.2 Å². The van der Waals surface area contributed by atoms with Crippen molar-refractivity contribution < 1.29 is 18.6 Å². The molecule has 0 amide bonds. The monoisotopic (exact) mass is 299 g/mol. The van der Waals surface area contributed by atoms with Gasteiger partial charge in [-0.2, -0.15) is 0 Å². The van der Waals surface area contributed by atoms with E-state index in [2.05, 4.69) is 19.2 Å². The van der Waals surface area contributed by atoms with Gasteiger partial charge >= 0.3 is 0 Å². The minimum Gasteiger partial charge on any atom is -0.387 e. The second-order valence-corrected chi connectivity index (χ2v) is 6.14. The Bertz CT molecular complexity index is 493. The van der Waals surface area contributed by atoms with Crippen LogP contribution in [0.4, 0.5) is 8.78 Å². The summed E-state index contributed by atoms with van der Waals surface area (Å²) in [7, 11) is 0. The van der Waals surface area contributed by atoms with E-state index in [1.165, 1.54) is 0 Å². The van der Waals surface area contributed by atoms with Crippen LogP contribution >= 0.6 is 0 Å². The molecule has 0 saturated heterocycles. The van der Waals surface area contributed by atoms with E-state index >= 15 is 0 Å². The summed E-state index contributed by atoms with van der Waals surface area (Å²) in [4.78, 5) is 0. The zero-order valence-electron chi connectivity index (χ0n) is 12.7. The number of nitrogens with one attached hydrogen (secondary N) is 1. The van der Waals surface area contributed by atoms with Crippen LogP contribution in [0.1, 0.15) is 38.9 Å². The van der Waals surface area contributed by atoms with Gasteiger partial charge in [0.2, 0.25) is 0 Å². The van der Waals surface area contributed by atoms with Gasteiger partial charge in [-0.3, -0.25) is 0 Å². The van der Waals surface area contributed by atoms with Crippen molar-refractivity contribution in [2.45, 2.75) is 45.4 Å². The standard InChI is InChI=1S/C16H23F2NO2/c1-4-21-15-8-14(16(15,2)3)19-9-13(20)11-7-10(17)5-6-12(11)18/h5-7,13-15,19-20H,4,8-9H2,1-3H3. The van der Waals surface area contributed by atoms with Gasteiger partial charge in [-0.1, -0.05) is 13.8 Å². The number of rotatable bonds is 6. The molecule has 1 saturated carbocycles. The average molecular weight is 299 g/mol. The molecule has 0 spiro atoms. The van der Waals surface area contributed by atoms with Crippen molar-refractivity contribution in [2.24, 2.45) is 5.41 Å². The Morgan fingerprint density at radius 1 is 1.43 bits per heavy atom. The summed E-state index contributed by atoms with van der Waals surface area (Å²) in [6.45, 7) is 7.03. The van der Waals surface area contributed by atoms with E-state index in [4.69, 9.17) is 4.74 Å². The number of aliphatic hydroxyl groups is 1. The molecule has 0 heterocycles. The van der Waals surface area contributed by atoms with Gasteiger partial charge in [0.05, 0.1) is 12.2 Å². The minimum absolute atomic E-state index is 0.0130. The number of halogens is 2. The maximum absolute atomic E-state index is 13.6. The first-order chi connectivity index (χ1) is 9.86. The maximum atomic E-state index is 13.6. The van der Waals surface area contributed by atoms with E-state index in [0.717, 1.165) is 24.6 Å². The molecule has 1 aliphatic carbocycles. The molecule has 0 aliphatic heterocycles. The van der Waals surface area contributed by atoms with Gasteiger partial charge in [0.25, 0.3) is 0 Å². The molecule has 118 valence electrons. The summed E-state index contributed by atoms with van der Waals surface area (Å²) in [5.74, 6) is -1.14. The molecule has 0 aromatic heterocycles. The topological polar surface area (TPSA) is 41.5 Å². The van der Waals surface area contributed by atoms with Crippen LogP contribution in [-0.2, 0) is 4.74 Å². The van der Waals surface area contributed by atoms with Gasteiger partial charge in [-0.05, 0) is 31.5 Å². The van der Waals surface area contributed by atoms with Crippen LogP contribution < -0.4 is 5.32 Å². The molecule has 3 atom stereocenters. The van der Waals surface area contributed by atoms with Crippen molar-refractivity contribution in [3.05, 3.63) is 35.4 Å². The summed E-state index contributed by atoms with van der Waals surface area (Å²) in [6, 6.07) is 3.31. The van der Waals surface area contributed by atoms with Crippen LogP contribution in [0.2, 0.25) is 0 Å². The number of hydrogen-bond acceptors (Lipinski definition) is 3. The molecule has 21 heavy (non-hydrogen) atoms. The third-order valence-electron chi connectivity index (χ3n) is 4.42. The first-order valence-electron chi connectivity index (χ1n) is 7.34. The molecule has 1 fully saturated rings. The summed E-state index contributed by atoms with van der Waals surface area (Å²) < 4.78 is 32.3. The van der Waals surface area contributed by atoms with Crippen LogP contribution in [0.25, 0.3) is 0 Å². The van der Waals surface area contributed by atoms with Crippen LogP contribution in [0.5, 0.6) is 0 Å². The molecule has 2 rings (SSSR count). The lowest BCUT2D eigenvalue weighted by Gasteiger charge is -2.52. The van der Waals surface area contributed by atoms with Crippen molar-refractivity contribution in [3.63, 3.8) is 0 Å². The van der Waals surface area contributed by atoms with Gasteiger partial charge in [-0.15, -0.1) is 0 Å². The van der Waals surface area contributed by atoms with E-state index < -0.39 is 17.7 Å². The fraction of sp³-hybridized carbons (Fsp3) is 0.625. The first-order valence-corrected chi connectivity index (χ1v) is 7.34. The SMILES string of the molecule is CCOC1CC(NCC(O)c2cc(F)ccc2F)C1(C)C. The molecule has 5 heteroatoms. The second-order valence-electron chi connectivity index (χ2n) is 6.14. The second kappa shape index (κ2) is 6.38. The van der Waals surface area contributed by atoms with Crippen molar-refractivity contribution in [3.8, 4) is 0 Å². The highest BCUT2D eigenvalue weighted by Crippen LogP contribution is 2.42. The largest absolute Gasteiger partial charge is 0.387 e. The number of benzene rings is 1. The molecule has 3 nitrogen and oxygen atoms in total. The molecule has 1 aliphatic rings. The molecule has 0 bridgehead atoms. The lowest BCUT2D eigenvalue weighted by atomic mass is 9.64. The Balaban J connectivity index is 1.90. The van der Waals surface area contributed by atoms with Gasteiger partial charge in [0.15, 0.2) is 0 Å². The zero-order chi connectivity index (χ0) is 15.6. The highest BCUT2D eigenvalue weighted by Gasteiger charge is 2.48. The first kappa shape index (κ1) is 16.3. The molecule has 3 unspecified atom stereocenters. The van der Waals surface area contributed by atoms with Gasteiger partial charge in [-0.25, -0.2) is 8.78 Å². The Kier molecular flexibility index (Phi) is 4.96. The third kappa shape index (κ3) is 3.42. The van der Waals surface area contributed by atoms with E-state index in [0.29, 0.717) is 6.61 Å². The van der Waals surface area contributed by atoms with E-state index in [9.17, 15) is 13.9 Å². The highest BCUT2D eigenvalue weighted by molar-refractivity contribution is 5.21. The Morgan fingerprint density at radius 2 is 2.14 bits per heavy atom. The predicted octanol–water partition coefficient (Wildman–Crippen LogP) is 2.79. The summed E-state index contributed by atoms with van der Waals surface area (Å²) in [6.07, 6.45) is -0.00942. The van der Waals surface area contributed by atoms with E-state index in [1.807, 2.05) is 6.92 Å². The third-order valence-corrected chi connectivity index (χ3v) is 4.42. The number of aliphatic hydroxyl groups excluding tert-OH is 1. The molecular formula is C16H23F2NO2. The molecule has 0 radical (unpaired) electrons. The lowest BCUT2D eigenvalue weighted by molar-refractivity contribution is -0.115. The minimum atomic E-state index is -1.07. The van der Waals surface area contributed by atoms with Crippen LogP contribution in [-0.4, -0.2) is 30.4 Å². The smallest absolute Gasteiger partial charge is 0.129 e. The van der Waals surface area contributed by atoms with Gasteiger partial charge < -0.3 is 15.2 Å².